The van der Waals surface area contributed by atoms with E-state index in [-0.39, 0.29) is 35.3 Å². The van der Waals surface area contributed by atoms with Crippen LogP contribution in [0.2, 0.25) is 5.02 Å². The minimum atomic E-state index is -2.01. The lowest BCUT2D eigenvalue weighted by molar-refractivity contribution is -0.149. The van der Waals surface area contributed by atoms with Crippen LogP contribution in [0.5, 0.6) is 11.5 Å². The van der Waals surface area contributed by atoms with E-state index in [0.29, 0.717) is 5.75 Å². The third-order valence-corrected chi connectivity index (χ3v) is 3.09. The predicted molar refractivity (Wildman–Crippen MR) is 80.3 cm³/mol. The molecule has 1 aromatic rings. The topological polar surface area (TPSA) is 70.8 Å². The van der Waals surface area contributed by atoms with E-state index in [1.807, 2.05) is 0 Å². The van der Waals surface area contributed by atoms with Crippen LogP contribution in [-0.2, 0) is 9.53 Å². The van der Waals surface area contributed by atoms with Gasteiger partial charge in [0.25, 0.3) is 0 Å². The van der Waals surface area contributed by atoms with Crippen LogP contribution in [0.4, 0.5) is 4.39 Å². The molecule has 0 fully saturated rings. The number of hydrogen-bond acceptors (Lipinski definition) is 5. The first-order valence-electron chi connectivity index (χ1n) is 5.94. The lowest BCUT2D eigenvalue weighted by atomic mass is 10.0. The normalized spacial score (nSPS) is 12.9. The molecule has 8 heteroatoms. The van der Waals surface area contributed by atoms with Crippen LogP contribution in [0.3, 0.4) is 0 Å². The molecule has 0 aliphatic rings. The fraction of sp³-hybridized carbons (Fsp3) is 0.462. The fourth-order valence-corrected chi connectivity index (χ4v) is 2.05. The maximum Gasteiger partial charge on any atom is 0.342 e. The van der Waals surface area contributed by atoms with Gasteiger partial charge in [-0.05, 0) is 18.6 Å². The van der Waals surface area contributed by atoms with Gasteiger partial charge in [-0.25, -0.2) is 9.18 Å². The van der Waals surface area contributed by atoms with Gasteiger partial charge in [0.1, 0.15) is 0 Å². The Hall–Kier alpha value is -1.24. The molecule has 0 spiro atoms. The summed E-state index contributed by atoms with van der Waals surface area (Å²) < 4.78 is 28.7. The van der Waals surface area contributed by atoms with Crippen LogP contribution in [0.15, 0.2) is 12.1 Å². The van der Waals surface area contributed by atoms with Gasteiger partial charge in [0.2, 0.25) is 6.17 Å². The van der Waals surface area contributed by atoms with Crippen molar-refractivity contribution < 1.29 is 23.4 Å². The van der Waals surface area contributed by atoms with Crippen LogP contribution in [0, 0.1) is 0 Å². The number of ether oxygens (including phenoxy) is 3. The van der Waals surface area contributed by atoms with Crippen molar-refractivity contribution in [2.75, 3.05) is 20.8 Å². The van der Waals surface area contributed by atoms with E-state index in [1.165, 1.54) is 26.4 Å². The van der Waals surface area contributed by atoms with Crippen molar-refractivity contribution in [1.29, 1.82) is 0 Å². The Labute approximate surface area is 133 Å². The number of methoxy groups -OCH3 is 2. The largest absolute Gasteiger partial charge is 0.493 e. The summed E-state index contributed by atoms with van der Waals surface area (Å²) in [6.07, 6.45) is -2.01. The Balaban J connectivity index is 0.00000400. The number of carbonyl (C=O) groups is 1. The van der Waals surface area contributed by atoms with Gasteiger partial charge in [0.15, 0.2) is 11.5 Å². The number of nitrogens with two attached hydrogens (primary N) is 1. The number of halogens is 3. The monoisotopic (exact) mass is 341 g/mol. The van der Waals surface area contributed by atoms with Crippen molar-refractivity contribution in [3.8, 4) is 11.5 Å². The molecule has 21 heavy (non-hydrogen) atoms. The molecule has 0 aromatic heterocycles. The van der Waals surface area contributed by atoms with Gasteiger partial charge < -0.3 is 19.9 Å². The standard InChI is InChI=1S/C13H17ClFNO4.ClH/c1-4-20-13(17)10(15)11(16)7-5-6-8(18-2)12(19-3)9(7)14;/h5-6,10-11H,4,16H2,1-3H3;1H/t10?,11-;/m0./s1. The SMILES string of the molecule is CCOC(=O)C(F)[C@@H](N)c1ccc(OC)c(OC)c1Cl.Cl. The number of rotatable bonds is 6. The first-order valence-corrected chi connectivity index (χ1v) is 6.32. The van der Waals surface area contributed by atoms with Gasteiger partial charge in [0.05, 0.1) is 31.9 Å². The van der Waals surface area contributed by atoms with E-state index in [0.717, 1.165) is 0 Å². The molecule has 0 aliphatic carbocycles. The van der Waals surface area contributed by atoms with Gasteiger partial charge >= 0.3 is 5.97 Å². The lowest BCUT2D eigenvalue weighted by Gasteiger charge is -2.19. The molecule has 0 saturated heterocycles. The summed E-state index contributed by atoms with van der Waals surface area (Å²) in [6, 6.07) is 1.78. The van der Waals surface area contributed by atoms with Crippen LogP contribution in [0.25, 0.3) is 0 Å². The molecular formula is C13H18Cl2FNO4. The molecular weight excluding hydrogens is 324 g/mol. The molecule has 1 aromatic carbocycles. The van der Waals surface area contributed by atoms with Gasteiger partial charge in [-0.1, -0.05) is 17.7 Å². The summed E-state index contributed by atoms with van der Waals surface area (Å²) in [5, 5.41) is 0.103. The minimum absolute atomic E-state index is 0. The third kappa shape index (κ3) is 4.36. The van der Waals surface area contributed by atoms with Gasteiger partial charge in [-0.15, -0.1) is 12.4 Å². The predicted octanol–water partition coefficient (Wildman–Crippen LogP) is 2.68. The molecule has 1 rings (SSSR count). The molecule has 1 unspecified atom stereocenters. The van der Waals surface area contributed by atoms with Crippen molar-refractivity contribution >= 4 is 30.0 Å². The summed E-state index contributed by atoms with van der Waals surface area (Å²) in [7, 11) is 2.85. The Morgan fingerprint density at radius 3 is 2.48 bits per heavy atom. The van der Waals surface area contributed by atoms with E-state index < -0.39 is 18.2 Å². The van der Waals surface area contributed by atoms with Crippen LogP contribution >= 0.6 is 24.0 Å². The zero-order chi connectivity index (χ0) is 15.3. The molecule has 5 nitrogen and oxygen atoms in total. The summed E-state index contributed by atoms with van der Waals surface area (Å²) in [5.41, 5.74) is 5.97. The fourth-order valence-electron chi connectivity index (χ4n) is 1.69. The highest BCUT2D eigenvalue weighted by Crippen LogP contribution is 2.40. The van der Waals surface area contributed by atoms with E-state index in [9.17, 15) is 9.18 Å². The molecule has 120 valence electrons. The lowest BCUT2D eigenvalue weighted by Crippen LogP contribution is -2.31. The van der Waals surface area contributed by atoms with Crippen LogP contribution in [-0.4, -0.2) is 33.0 Å². The second-order valence-corrected chi connectivity index (χ2v) is 4.26. The minimum Gasteiger partial charge on any atom is -0.493 e. The van der Waals surface area contributed by atoms with E-state index in [1.54, 1.807) is 6.92 Å². The summed E-state index contributed by atoms with van der Waals surface area (Å²) in [5.74, 6) is -0.399. The Morgan fingerprint density at radius 1 is 1.38 bits per heavy atom. The van der Waals surface area contributed by atoms with Gasteiger partial charge in [-0.2, -0.15) is 0 Å². The molecule has 0 aliphatic heterocycles. The Bertz CT molecular complexity index is 487. The molecule has 0 saturated carbocycles. The van der Waals surface area contributed by atoms with E-state index >= 15 is 0 Å². The molecule has 0 amide bonds. The van der Waals surface area contributed by atoms with E-state index in [2.05, 4.69) is 4.74 Å². The number of hydrogen-bond donors (Lipinski definition) is 1. The zero-order valence-corrected chi connectivity index (χ0v) is 13.5. The average molecular weight is 342 g/mol. The zero-order valence-electron chi connectivity index (χ0n) is 11.9. The van der Waals surface area contributed by atoms with Crippen molar-refractivity contribution in [3.05, 3.63) is 22.7 Å². The summed E-state index contributed by atoms with van der Waals surface area (Å²) in [4.78, 5) is 11.4. The Morgan fingerprint density at radius 2 is 2.00 bits per heavy atom. The first kappa shape index (κ1) is 19.8. The second kappa shape index (κ2) is 8.92. The van der Waals surface area contributed by atoms with Crippen LogP contribution < -0.4 is 15.2 Å². The van der Waals surface area contributed by atoms with Crippen molar-refractivity contribution in [3.63, 3.8) is 0 Å². The average Bonchev–Trinajstić information content (AvgIpc) is 2.45. The highest BCUT2D eigenvalue weighted by atomic mass is 35.5. The molecule has 2 N–H and O–H groups in total. The van der Waals surface area contributed by atoms with E-state index in [4.69, 9.17) is 26.8 Å². The number of benzene rings is 1. The Kier molecular flexibility index (Phi) is 8.39. The van der Waals surface area contributed by atoms with Crippen LogP contribution in [0.1, 0.15) is 18.5 Å². The number of carbonyl (C=O) groups excluding carboxylic acids is 1. The quantitative estimate of drug-likeness (QED) is 0.805. The highest BCUT2D eigenvalue weighted by Gasteiger charge is 2.30. The van der Waals surface area contributed by atoms with Gasteiger partial charge in [0, 0.05) is 0 Å². The summed E-state index contributed by atoms with van der Waals surface area (Å²) in [6.45, 7) is 1.66. The van der Waals surface area contributed by atoms with Crippen molar-refractivity contribution in [2.24, 2.45) is 5.73 Å². The second-order valence-electron chi connectivity index (χ2n) is 3.88. The number of esters is 1. The highest BCUT2D eigenvalue weighted by molar-refractivity contribution is 6.33. The maximum atomic E-state index is 13.9. The maximum absolute atomic E-state index is 13.9. The molecule has 0 radical (unpaired) electrons. The van der Waals surface area contributed by atoms with Crippen molar-refractivity contribution in [1.82, 2.24) is 0 Å². The molecule has 2 atom stereocenters. The summed E-state index contributed by atoms with van der Waals surface area (Å²) >= 11 is 6.11. The van der Waals surface area contributed by atoms with Crippen molar-refractivity contribution in [2.45, 2.75) is 19.1 Å². The van der Waals surface area contributed by atoms with Gasteiger partial charge in [-0.3, -0.25) is 0 Å². The molecule has 0 bridgehead atoms. The molecule has 0 heterocycles. The smallest absolute Gasteiger partial charge is 0.342 e. The third-order valence-electron chi connectivity index (χ3n) is 2.70. The first-order chi connectivity index (χ1) is 9.47. The number of alkyl halides is 1.